The SMILES string of the molecule is CC(C)CCCCCCCCCCCCCCNc1ccc(C(=O)CCC(=O)O)cc1. The lowest BCUT2D eigenvalue weighted by Crippen LogP contribution is -2.05. The molecule has 0 amide bonds. The van der Waals surface area contributed by atoms with Gasteiger partial charge >= 0.3 is 5.97 Å². The first kappa shape index (κ1) is 27.2. The molecule has 0 fully saturated rings. The number of carboxylic acid groups (broad SMARTS) is 1. The Labute approximate surface area is 190 Å². The summed E-state index contributed by atoms with van der Waals surface area (Å²) in [6, 6.07) is 7.35. The van der Waals surface area contributed by atoms with Gasteiger partial charge in [-0.25, -0.2) is 0 Å². The topological polar surface area (TPSA) is 66.4 Å². The molecule has 0 radical (unpaired) electrons. The maximum Gasteiger partial charge on any atom is 0.303 e. The highest BCUT2D eigenvalue weighted by Crippen LogP contribution is 2.15. The van der Waals surface area contributed by atoms with Gasteiger partial charge in [-0.3, -0.25) is 9.59 Å². The maximum absolute atomic E-state index is 11.9. The van der Waals surface area contributed by atoms with Crippen molar-refractivity contribution in [3.05, 3.63) is 29.8 Å². The summed E-state index contributed by atoms with van der Waals surface area (Å²) >= 11 is 0. The number of unbranched alkanes of at least 4 members (excludes halogenated alkanes) is 11. The molecule has 0 aliphatic carbocycles. The van der Waals surface area contributed by atoms with Crippen molar-refractivity contribution in [2.45, 2.75) is 110 Å². The lowest BCUT2D eigenvalue weighted by Gasteiger charge is -2.07. The molecule has 0 unspecified atom stereocenters. The maximum atomic E-state index is 11.9. The Hall–Kier alpha value is -1.84. The third kappa shape index (κ3) is 15.6. The minimum absolute atomic E-state index is 0.0561. The van der Waals surface area contributed by atoms with Crippen LogP contribution in [-0.2, 0) is 4.79 Å². The summed E-state index contributed by atoms with van der Waals surface area (Å²) in [5.41, 5.74) is 1.59. The van der Waals surface area contributed by atoms with Gasteiger partial charge in [-0.2, -0.15) is 0 Å². The third-order valence-corrected chi connectivity index (χ3v) is 5.81. The van der Waals surface area contributed by atoms with Gasteiger partial charge in [0.25, 0.3) is 0 Å². The van der Waals surface area contributed by atoms with E-state index in [1.807, 2.05) is 12.1 Å². The second kappa shape index (κ2) is 17.8. The van der Waals surface area contributed by atoms with Crippen LogP contribution < -0.4 is 5.32 Å². The van der Waals surface area contributed by atoms with Gasteiger partial charge in [-0.1, -0.05) is 90.9 Å². The minimum atomic E-state index is -0.936. The molecule has 0 atom stereocenters. The van der Waals surface area contributed by atoms with E-state index in [1.54, 1.807) is 12.1 Å². The molecule has 0 aliphatic rings. The number of anilines is 1. The molecule has 1 rings (SSSR count). The van der Waals surface area contributed by atoms with Crippen LogP contribution in [0.15, 0.2) is 24.3 Å². The Bertz CT molecular complexity index is 595. The molecule has 4 nitrogen and oxygen atoms in total. The molecule has 4 heteroatoms. The van der Waals surface area contributed by atoms with Crippen LogP contribution in [0.25, 0.3) is 0 Å². The van der Waals surface area contributed by atoms with Crippen LogP contribution in [0.5, 0.6) is 0 Å². The summed E-state index contributed by atoms with van der Waals surface area (Å²) in [7, 11) is 0. The Kier molecular flexibility index (Phi) is 15.6. The number of carbonyl (C=O) groups excluding carboxylic acids is 1. The number of carbonyl (C=O) groups is 2. The molecule has 0 aromatic heterocycles. The van der Waals surface area contributed by atoms with Crippen LogP contribution in [0, 0.1) is 5.92 Å². The van der Waals surface area contributed by atoms with Gasteiger partial charge in [0.15, 0.2) is 5.78 Å². The number of nitrogens with one attached hydrogen (secondary N) is 1. The average molecular weight is 432 g/mol. The number of Topliss-reactive ketones (excluding diaryl/α,β-unsaturated/α-hetero) is 1. The van der Waals surface area contributed by atoms with Crippen molar-refractivity contribution in [2.75, 3.05) is 11.9 Å². The van der Waals surface area contributed by atoms with Crippen molar-refractivity contribution < 1.29 is 14.7 Å². The largest absolute Gasteiger partial charge is 0.481 e. The van der Waals surface area contributed by atoms with Gasteiger partial charge in [0.2, 0.25) is 0 Å². The van der Waals surface area contributed by atoms with E-state index < -0.39 is 5.97 Å². The third-order valence-electron chi connectivity index (χ3n) is 5.81. The van der Waals surface area contributed by atoms with Gasteiger partial charge in [0.05, 0.1) is 6.42 Å². The van der Waals surface area contributed by atoms with Crippen LogP contribution in [0.1, 0.15) is 121 Å². The molecule has 0 spiro atoms. The highest BCUT2D eigenvalue weighted by molar-refractivity contribution is 5.97. The van der Waals surface area contributed by atoms with Gasteiger partial charge in [0.1, 0.15) is 0 Å². The number of ketones is 1. The molecule has 0 aliphatic heterocycles. The Morgan fingerprint density at radius 2 is 1.23 bits per heavy atom. The van der Waals surface area contributed by atoms with Crippen molar-refractivity contribution in [1.82, 2.24) is 0 Å². The number of aliphatic carboxylic acids is 1. The highest BCUT2D eigenvalue weighted by atomic mass is 16.4. The first-order chi connectivity index (χ1) is 15.0. The van der Waals surface area contributed by atoms with Gasteiger partial charge in [-0.15, -0.1) is 0 Å². The van der Waals surface area contributed by atoms with Gasteiger partial charge < -0.3 is 10.4 Å². The lowest BCUT2D eigenvalue weighted by molar-refractivity contribution is -0.136. The standard InChI is InChI=1S/C27H45NO3/c1-23(2)15-13-11-9-7-5-3-4-6-8-10-12-14-22-28-25-18-16-24(17-19-25)26(29)20-21-27(30)31/h16-19,23,28H,3-15,20-22H2,1-2H3,(H,30,31). The smallest absolute Gasteiger partial charge is 0.303 e. The van der Waals surface area contributed by atoms with Crippen LogP contribution >= 0.6 is 0 Å². The van der Waals surface area contributed by atoms with Crippen molar-refractivity contribution in [3.8, 4) is 0 Å². The first-order valence-corrected chi connectivity index (χ1v) is 12.6. The van der Waals surface area contributed by atoms with E-state index in [2.05, 4.69) is 19.2 Å². The Morgan fingerprint density at radius 1 is 0.742 bits per heavy atom. The van der Waals surface area contributed by atoms with Crippen LogP contribution in [-0.4, -0.2) is 23.4 Å². The van der Waals surface area contributed by atoms with Crippen LogP contribution in [0.2, 0.25) is 0 Å². The van der Waals surface area contributed by atoms with E-state index >= 15 is 0 Å². The summed E-state index contributed by atoms with van der Waals surface area (Å²) in [5, 5.41) is 12.1. The quantitative estimate of drug-likeness (QED) is 0.163. The number of rotatable bonds is 20. The molecule has 1 aromatic rings. The molecular formula is C27H45NO3. The van der Waals surface area contributed by atoms with Crippen LogP contribution in [0.3, 0.4) is 0 Å². The summed E-state index contributed by atoms with van der Waals surface area (Å²) in [6.45, 7) is 5.58. The highest BCUT2D eigenvalue weighted by Gasteiger charge is 2.08. The second-order valence-corrected chi connectivity index (χ2v) is 9.25. The lowest BCUT2D eigenvalue weighted by atomic mass is 10.0. The zero-order valence-corrected chi connectivity index (χ0v) is 20.0. The van der Waals surface area contributed by atoms with E-state index in [-0.39, 0.29) is 18.6 Å². The number of hydrogen-bond donors (Lipinski definition) is 2. The fourth-order valence-electron chi connectivity index (χ4n) is 3.82. The molecule has 0 heterocycles. The molecule has 0 saturated heterocycles. The van der Waals surface area contributed by atoms with Gasteiger partial charge in [-0.05, 0) is 36.6 Å². The van der Waals surface area contributed by atoms with E-state index in [0.717, 1.165) is 24.6 Å². The first-order valence-electron chi connectivity index (χ1n) is 12.6. The number of hydrogen-bond acceptors (Lipinski definition) is 3. The van der Waals surface area contributed by atoms with Crippen LogP contribution in [0.4, 0.5) is 5.69 Å². The van der Waals surface area contributed by atoms with Gasteiger partial charge in [0, 0.05) is 24.2 Å². The van der Waals surface area contributed by atoms with E-state index in [0.29, 0.717) is 5.56 Å². The average Bonchev–Trinajstić information content (AvgIpc) is 2.75. The zero-order valence-electron chi connectivity index (χ0n) is 20.0. The molecule has 2 N–H and O–H groups in total. The fourth-order valence-corrected chi connectivity index (χ4v) is 3.82. The van der Waals surface area contributed by atoms with Crippen molar-refractivity contribution in [2.24, 2.45) is 5.92 Å². The number of benzene rings is 1. The van der Waals surface area contributed by atoms with E-state index in [1.165, 1.54) is 77.0 Å². The van der Waals surface area contributed by atoms with E-state index in [9.17, 15) is 9.59 Å². The summed E-state index contributed by atoms with van der Waals surface area (Å²) in [5.74, 6) is -0.192. The summed E-state index contributed by atoms with van der Waals surface area (Å²) in [6.07, 6.45) is 17.7. The molecule has 31 heavy (non-hydrogen) atoms. The molecule has 0 saturated carbocycles. The Morgan fingerprint density at radius 3 is 1.71 bits per heavy atom. The zero-order chi connectivity index (χ0) is 22.7. The van der Waals surface area contributed by atoms with Crippen molar-refractivity contribution in [3.63, 3.8) is 0 Å². The number of carboxylic acids is 1. The van der Waals surface area contributed by atoms with Crippen molar-refractivity contribution in [1.29, 1.82) is 0 Å². The normalized spacial score (nSPS) is 11.1. The second-order valence-electron chi connectivity index (χ2n) is 9.25. The Balaban J connectivity index is 1.92. The summed E-state index contributed by atoms with van der Waals surface area (Å²) in [4.78, 5) is 22.4. The predicted octanol–water partition coefficient (Wildman–Crippen LogP) is 7.87. The summed E-state index contributed by atoms with van der Waals surface area (Å²) < 4.78 is 0. The van der Waals surface area contributed by atoms with Crippen molar-refractivity contribution >= 4 is 17.4 Å². The minimum Gasteiger partial charge on any atom is -0.481 e. The molecule has 176 valence electrons. The molecule has 1 aromatic carbocycles. The molecule has 0 bridgehead atoms. The van der Waals surface area contributed by atoms with E-state index in [4.69, 9.17) is 5.11 Å². The monoisotopic (exact) mass is 431 g/mol. The fraction of sp³-hybridized carbons (Fsp3) is 0.704. The molecular weight excluding hydrogens is 386 g/mol. The predicted molar refractivity (Wildman–Crippen MR) is 131 cm³/mol.